The van der Waals surface area contributed by atoms with Crippen molar-refractivity contribution < 1.29 is 14.5 Å². The molecule has 0 bridgehead atoms. The molecule has 2 heterocycles. The van der Waals surface area contributed by atoms with E-state index in [9.17, 15) is 19.7 Å². The minimum absolute atomic E-state index is 0.0351. The maximum atomic E-state index is 12.6. The molecule has 0 aliphatic carbocycles. The van der Waals surface area contributed by atoms with Gasteiger partial charge in [-0.15, -0.1) is 0 Å². The first-order chi connectivity index (χ1) is 13.0. The van der Waals surface area contributed by atoms with Gasteiger partial charge < -0.3 is 15.2 Å². The van der Waals surface area contributed by atoms with E-state index in [0.717, 1.165) is 10.9 Å². The molecule has 0 unspecified atom stereocenters. The first kappa shape index (κ1) is 16.8. The van der Waals surface area contributed by atoms with Crippen molar-refractivity contribution in [3.8, 4) is 0 Å². The van der Waals surface area contributed by atoms with Gasteiger partial charge in [0.25, 0.3) is 11.6 Å². The van der Waals surface area contributed by atoms with Gasteiger partial charge in [0, 0.05) is 48.0 Å². The summed E-state index contributed by atoms with van der Waals surface area (Å²) in [4.78, 5) is 39.8. The standard InChI is InChI=1S/C19H16N4O4/c24-18(21-13-5-7-14(8-6-13)23(26)27)12-10-22(11-12)19(25)16-9-20-17-4-2-1-3-15(16)17/h1-9,12,20H,10-11H2,(H,21,24). The number of amides is 2. The molecule has 1 aliphatic rings. The molecule has 1 aromatic heterocycles. The Bertz CT molecular complexity index is 1040. The summed E-state index contributed by atoms with van der Waals surface area (Å²) in [5.41, 5.74) is 1.95. The second-order valence-corrected chi connectivity index (χ2v) is 6.45. The number of para-hydroxylation sites is 1. The van der Waals surface area contributed by atoms with Crippen molar-refractivity contribution in [2.75, 3.05) is 18.4 Å². The fraction of sp³-hybridized carbons (Fsp3) is 0.158. The van der Waals surface area contributed by atoms with Crippen molar-refractivity contribution in [3.63, 3.8) is 0 Å². The number of hydrogen-bond donors (Lipinski definition) is 2. The van der Waals surface area contributed by atoms with Gasteiger partial charge in [0.15, 0.2) is 0 Å². The Kier molecular flexibility index (Phi) is 4.08. The number of carbonyl (C=O) groups excluding carboxylic acids is 2. The SMILES string of the molecule is O=C(Nc1ccc([N+](=O)[O-])cc1)C1CN(C(=O)c2c[nH]c3ccccc23)C1. The lowest BCUT2D eigenvalue weighted by Gasteiger charge is -2.38. The molecule has 3 aromatic rings. The minimum Gasteiger partial charge on any atom is -0.360 e. The number of likely N-dealkylation sites (tertiary alicyclic amines) is 1. The van der Waals surface area contributed by atoms with Crippen LogP contribution in [0, 0.1) is 16.0 Å². The third-order valence-electron chi connectivity index (χ3n) is 4.70. The van der Waals surface area contributed by atoms with Gasteiger partial charge in [-0.1, -0.05) is 18.2 Å². The summed E-state index contributed by atoms with van der Waals surface area (Å²) in [6.45, 7) is 0.689. The first-order valence-electron chi connectivity index (χ1n) is 8.43. The molecule has 8 heteroatoms. The van der Waals surface area contributed by atoms with Crippen LogP contribution in [0.2, 0.25) is 0 Å². The van der Waals surface area contributed by atoms with Gasteiger partial charge in [-0.25, -0.2) is 0 Å². The van der Waals surface area contributed by atoms with Gasteiger partial charge >= 0.3 is 0 Å². The zero-order chi connectivity index (χ0) is 19.0. The summed E-state index contributed by atoms with van der Waals surface area (Å²) >= 11 is 0. The highest BCUT2D eigenvalue weighted by molar-refractivity contribution is 6.07. The summed E-state index contributed by atoms with van der Waals surface area (Å²) in [6.07, 6.45) is 1.69. The summed E-state index contributed by atoms with van der Waals surface area (Å²) in [6, 6.07) is 13.2. The predicted molar refractivity (Wildman–Crippen MR) is 99.4 cm³/mol. The molecule has 2 aromatic carbocycles. The van der Waals surface area contributed by atoms with Crippen molar-refractivity contribution in [2.45, 2.75) is 0 Å². The normalized spacial score (nSPS) is 14.0. The van der Waals surface area contributed by atoms with Gasteiger partial charge in [-0.2, -0.15) is 0 Å². The number of nitro benzene ring substituents is 1. The molecule has 2 N–H and O–H groups in total. The van der Waals surface area contributed by atoms with Crippen LogP contribution in [0.3, 0.4) is 0 Å². The van der Waals surface area contributed by atoms with E-state index in [1.807, 2.05) is 24.3 Å². The molecule has 1 aliphatic heterocycles. The molecule has 1 saturated heterocycles. The van der Waals surface area contributed by atoms with Crippen LogP contribution in [-0.4, -0.2) is 39.7 Å². The van der Waals surface area contributed by atoms with Crippen molar-refractivity contribution in [2.24, 2.45) is 5.92 Å². The number of rotatable bonds is 4. The van der Waals surface area contributed by atoms with Crippen molar-refractivity contribution in [3.05, 3.63) is 70.4 Å². The zero-order valence-corrected chi connectivity index (χ0v) is 14.2. The Hall–Kier alpha value is -3.68. The zero-order valence-electron chi connectivity index (χ0n) is 14.2. The third-order valence-corrected chi connectivity index (χ3v) is 4.70. The molecule has 8 nitrogen and oxygen atoms in total. The Labute approximate surface area is 153 Å². The lowest BCUT2D eigenvalue weighted by molar-refractivity contribution is -0.384. The van der Waals surface area contributed by atoms with Crippen LogP contribution in [-0.2, 0) is 4.79 Å². The average molecular weight is 364 g/mol. The van der Waals surface area contributed by atoms with Crippen LogP contribution in [0.1, 0.15) is 10.4 Å². The lowest BCUT2D eigenvalue weighted by Crippen LogP contribution is -2.54. The third kappa shape index (κ3) is 3.12. The number of carbonyl (C=O) groups is 2. The van der Waals surface area contributed by atoms with E-state index < -0.39 is 4.92 Å². The van der Waals surface area contributed by atoms with Gasteiger partial charge in [0.2, 0.25) is 5.91 Å². The van der Waals surface area contributed by atoms with Crippen LogP contribution in [0.25, 0.3) is 10.9 Å². The molecule has 0 spiro atoms. The Balaban J connectivity index is 1.36. The summed E-state index contributed by atoms with van der Waals surface area (Å²) in [5, 5.41) is 14.2. The summed E-state index contributed by atoms with van der Waals surface area (Å²) in [5.74, 6) is -0.604. The minimum atomic E-state index is -0.494. The fourth-order valence-electron chi connectivity index (χ4n) is 3.14. The van der Waals surface area contributed by atoms with Gasteiger partial charge in [0.1, 0.15) is 0 Å². The highest BCUT2D eigenvalue weighted by Gasteiger charge is 2.36. The lowest BCUT2D eigenvalue weighted by atomic mass is 9.97. The Morgan fingerprint density at radius 1 is 1.11 bits per heavy atom. The number of nitrogens with zero attached hydrogens (tertiary/aromatic N) is 2. The highest BCUT2D eigenvalue weighted by atomic mass is 16.6. The van der Waals surface area contributed by atoms with E-state index in [0.29, 0.717) is 24.3 Å². The molecule has 0 saturated carbocycles. The van der Waals surface area contributed by atoms with Crippen molar-refractivity contribution in [1.29, 1.82) is 0 Å². The second-order valence-electron chi connectivity index (χ2n) is 6.45. The number of anilines is 1. The number of nitrogens with one attached hydrogen (secondary N) is 2. The molecule has 27 heavy (non-hydrogen) atoms. The Morgan fingerprint density at radius 2 is 1.81 bits per heavy atom. The largest absolute Gasteiger partial charge is 0.360 e. The van der Waals surface area contributed by atoms with Crippen LogP contribution in [0.15, 0.2) is 54.7 Å². The predicted octanol–water partition coefficient (Wildman–Crippen LogP) is 2.79. The van der Waals surface area contributed by atoms with Crippen molar-refractivity contribution >= 4 is 34.1 Å². The number of H-pyrrole nitrogens is 1. The van der Waals surface area contributed by atoms with Crippen molar-refractivity contribution in [1.82, 2.24) is 9.88 Å². The Morgan fingerprint density at radius 3 is 2.52 bits per heavy atom. The van der Waals surface area contributed by atoms with Crippen LogP contribution in [0.4, 0.5) is 11.4 Å². The maximum absolute atomic E-state index is 12.6. The van der Waals surface area contributed by atoms with E-state index >= 15 is 0 Å². The number of hydrogen-bond acceptors (Lipinski definition) is 4. The fourth-order valence-corrected chi connectivity index (χ4v) is 3.14. The van der Waals surface area contributed by atoms with E-state index in [4.69, 9.17) is 0 Å². The van der Waals surface area contributed by atoms with Gasteiger partial charge in [-0.05, 0) is 18.2 Å². The quantitative estimate of drug-likeness (QED) is 0.548. The second kappa shape index (κ2) is 6.56. The van der Waals surface area contributed by atoms with Gasteiger partial charge in [-0.3, -0.25) is 19.7 Å². The number of benzene rings is 2. The molecule has 0 atom stereocenters. The van der Waals surface area contributed by atoms with E-state index in [2.05, 4.69) is 10.3 Å². The molecular formula is C19H16N4O4. The number of aromatic nitrogens is 1. The molecule has 4 rings (SSSR count). The van der Waals surface area contributed by atoms with Gasteiger partial charge in [0.05, 0.1) is 16.4 Å². The maximum Gasteiger partial charge on any atom is 0.269 e. The monoisotopic (exact) mass is 364 g/mol. The average Bonchev–Trinajstić information content (AvgIpc) is 3.05. The number of non-ortho nitro benzene ring substituents is 1. The molecule has 0 radical (unpaired) electrons. The molecule has 2 amide bonds. The molecule has 136 valence electrons. The van der Waals surface area contributed by atoms with Crippen LogP contribution >= 0.6 is 0 Å². The summed E-state index contributed by atoms with van der Waals surface area (Å²) < 4.78 is 0. The van der Waals surface area contributed by atoms with Crippen LogP contribution < -0.4 is 5.32 Å². The molecular weight excluding hydrogens is 348 g/mol. The number of fused-ring (bicyclic) bond motifs is 1. The number of nitro groups is 1. The highest BCUT2D eigenvalue weighted by Crippen LogP contribution is 2.25. The molecule has 1 fully saturated rings. The smallest absolute Gasteiger partial charge is 0.269 e. The summed E-state index contributed by atoms with van der Waals surface area (Å²) in [7, 11) is 0. The topological polar surface area (TPSA) is 108 Å². The first-order valence-corrected chi connectivity index (χ1v) is 8.43. The number of aromatic amines is 1. The van der Waals surface area contributed by atoms with E-state index in [1.165, 1.54) is 24.3 Å². The van der Waals surface area contributed by atoms with E-state index in [-0.39, 0.29) is 23.4 Å². The van der Waals surface area contributed by atoms with Crippen LogP contribution in [0.5, 0.6) is 0 Å². The van der Waals surface area contributed by atoms with E-state index in [1.54, 1.807) is 11.1 Å².